The van der Waals surface area contributed by atoms with Crippen LogP contribution in [0, 0.1) is 0 Å². The van der Waals surface area contributed by atoms with Gasteiger partial charge in [0.2, 0.25) is 11.9 Å². The van der Waals surface area contributed by atoms with Gasteiger partial charge in [-0.05, 0) is 36.1 Å². The van der Waals surface area contributed by atoms with Gasteiger partial charge in [-0.2, -0.15) is 0 Å². The summed E-state index contributed by atoms with van der Waals surface area (Å²) in [6.07, 6.45) is 6.65. The summed E-state index contributed by atoms with van der Waals surface area (Å²) < 4.78 is 1.70. The minimum absolute atomic E-state index is 0.199. The Morgan fingerprint density at radius 2 is 2.14 bits per heavy atom. The first-order valence-corrected chi connectivity index (χ1v) is 7.58. The fourth-order valence-electron chi connectivity index (χ4n) is 2.51. The summed E-state index contributed by atoms with van der Waals surface area (Å²) in [6.45, 7) is 6.82. The first-order chi connectivity index (χ1) is 10.2. The molecule has 1 aliphatic rings. The Kier molecular flexibility index (Phi) is 5.71. The molecule has 0 aromatic carbocycles. The molecular weight excluding hydrogens is 268 g/mol. The van der Waals surface area contributed by atoms with Crippen LogP contribution in [0.3, 0.4) is 0 Å². The summed E-state index contributed by atoms with van der Waals surface area (Å²) in [5.41, 5.74) is 0. The Morgan fingerprint density at radius 1 is 1.38 bits per heavy atom. The molecule has 0 bridgehead atoms. The number of tetrazole rings is 1. The van der Waals surface area contributed by atoms with Crippen molar-refractivity contribution in [3.63, 3.8) is 0 Å². The van der Waals surface area contributed by atoms with E-state index >= 15 is 0 Å². The van der Waals surface area contributed by atoms with Crippen LogP contribution < -0.4 is 4.90 Å². The quantitative estimate of drug-likeness (QED) is 0.704. The molecule has 1 aliphatic heterocycles. The highest BCUT2D eigenvalue weighted by Crippen LogP contribution is 2.12. The number of carbonyl (C=O) groups is 1. The third-order valence-electron chi connectivity index (χ3n) is 3.77. The van der Waals surface area contributed by atoms with E-state index in [1.54, 1.807) is 4.68 Å². The number of aromatic nitrogens is 4. The molecule has 0 N–H and O–H groups in total. The molecule has 0 atom stereocenters. The van der Waals surface area contributed by atoms with Crippen LogP contribution in [-0.2, 0) is 11.3 Å². The average molecular weight is 292 g/mol. The van der Waals surface area contributed by atoms with E-state index < -0.39 is 0 Å². The molecule has 2 rings (SSSR count). The van der Waals surface area contributed by atoms with Crippen LogP contribution in [0.1, 0.15) is 32.1 Å². The lowest BCUT2D eigenvalue weighted by atomic mass is 10.1. The normalized spacial score (nSPS) is 15.0. The van der Waals surface area contributed by atoms with Gasteiger partial charge in [-0.15, -0.1) is 6.58 Å². The molecule has 116 valence electrons. The monoisotopic (exact) mass is 292 g/mol. The number of amides is 1. The van der Waals surface area contributed by atoms with Crippen molar-refractivity contribution in [1.29, 1.82) is 0 Å². The summed E-state index contributed by atoms with van der Waals surface area (Å²) in [6, 6.07) is 0. The summed E-state index contributed by atoms with van der Waals surface area (Å²) in [5, 5.41) is 11.7. The summed E-state index contributed by atoms with van der Waals surface area (Å²) >= 11 is 0. The molecule has 21 heavy (non-hydrogen) atoms. The predicted octanol–water partition coefficient (Wildman–Crippen LogP) is 1.09. The fraction of sp³-hybridized carbons (Fsp3) is 0.714. The number of nitrogens with zero attached hydrogens (tertiary/aromatic N) is 6. The number of hydrogen-bond acceptors (Lipinski definition) is 5. The number of hydrogen-bond donors (Lipinski definition) is 0. The van der Waals surface area contributed by atoms with Crippen molar-refractivity contribution in [2.75, 3.05) is 31.6 Å². The van der Waals surface area contributed by atoms with Crippen molar-refractivity contribution < 1.29 is 4.79 Å². The number of likely N-dealkylation sites (tertiary alicyclic amines) is 1. The Bertz CT molecular complexity index is 466. The lowest BCUT2D eigenvalue weighted by Gasteiger charge is -2.26. The minimum Gasteiger partial charge on any atom is -0.343 e. The van der Waals surface area contributed by atoms with Crippen molar-refractivity contribution in [3.8, 4) is 0 Å². The molecular formula is C14H24N6O. The molecule has 0 saturated carbocycles. The van der Waals surface area contributed by atoms with E-state index in [-0.39, 0.29) is 5.91 Å². The largest absolute Gasteiger partial charge is 0.343 e. The molecule has 0 spiro atoms. The maximum absolute atomic E-state index is 12.2. The fourth-order valence-corrected chi connectivity index (χ4v) is 2.51. The second kappa shape index (κ2) is 7.75. The molecule has 1 saturated heterocycles. The molecule has 7 heteroatoms. The number of carbonyl (C=O) groups excluding carboxylic acids is 1. The van der Waals surface area contributed by atoms with Crippen LogP contribution in [0.2, 0.25) is 0 Å². The van der Waals surface area contributed by atoms with Gasteiger partial charge >= 0.3 is 0 Å². The summed E-state index contributed by atoms with van der Waals surface area (Å²) in [4.78, 5) is 16.1. The maximum atomic E-state index is 12.2. The molecule has 1 fully saturated rings. The van der Waals surface area contributed by atoms with E-state index in [4.69, 9.17) is 0 Å². The van der Waals surface area contributed by atoms with Gasteiger partial charge < -0.3 is 9.80 Å². The molecule has 1 amide bonds. The highest BCUT2D eigenvalue weighted by Gasteiger charge is 2.18. The highest BCUT2D eigenvalue weighted by atomic mass is 16.2. The van der Waals surface area contributed by atoms with E-state index in [1.807, 2.05) is 22.9 Å². The third kappa shape index (κ3) is 4.27. The third-order valence-corrected chi connectivity index (χ3v) is 3.77. The van der Waals surface area contributed by atoms with Crippen molar-refractivity contribution >= 4 is 11.9 Å². The SMILES string of the molecule is C=CCCN(C)c1nnnn1CCC(=O)N1CCCCC1. The second-order valence-corrected chi connectivity index (χ2v) is 5.39. The number of rotatable bonds is 7. The Labute approximate surface area is 125 Å². The molecule has 1 aromatic heterocycles. The average Bonchev–Trinajstić information content (AvgIpc) is 2.99. The van der Waals surface area contributed by atoms with Crippen molar-refractivity contribution in [3.05, 3.63) is 12.7 Å². The zero-order valence-electron chi connectivity index (χ0n) is 12.7. The topological polar surface area (TPSA) is 67.2 Å². The summed E-state index contributed by atoms with van der Waals surface area (Å²) in [7, 11) is 1.94. The first kappa shape index (κ1) is 15.5. The van der Waals surface area contributed by atoms with E-state index in [0.717, 1.165) is 38.9 Å². The van der Waals surface area contributed by atoms with E-state index in [9.17, 15) is 4.79 Å². The van der Waals surface area contributed by atoms with E-state index in [1.165, 1.54) is 6.42 Å². The van der Waals surface area contributed by atoms with Gasteiger partial charge in [0, 0.05) is 33.1 Å². The van der Waals surface area contributed by atoms with Crippen LogP contribution in [0.25, 0.3) is 0 Å². The zero-order chi connectivity index (χ0) is 15.1. The number of aryl methyl sites for hydroxylation is 1. The van der Waals surface area contributed by atoms with Crippen molar-refractivity contribution in [2.24, 2.45) is 0 Å². The highest BCUT2D eigenvalue weighted by molar-refractivity contribution is 5.76. The number of piperidine rings is 1. The van der Waals surface area contributed by atoms with E-state index in [2.05, 4.69) is 22.1 Å². The molecule has 0 unspecified atom stereocenters. The van der Waals surface area contributed by atoms with Gasteiger partial charge in [-0.1, -0.05) is 11.2 Å². The minimum atomic E-state index is 0.199. The lowest BCUT2D eigenvalue weighted by Crippen LogP contribution is -2.36. The standard InChI is InChI=1S/C14H24N6O/c1-3-4-9-18(2)14-15-16-17-20(14)12-8-13(21)19-10-6-5-7-11-19/h3H,1,4-12H2,2H3. The van der Waals surface area contributed by atoms with Crippen LogP contribution in [0.15, 0.2) is 12.7 Å². The maximum Gasteiger partial charge on any atom is 0.245 e. The molecule has 2 heterocycles. The van der Waals surface area contributed by atoms with Crippen LogP contribution >= 0.6 is 0 Å². The molecule has 0 radical (unpaired) electrons. The van der Waals surface area contributed by atoms with Gasteiger partial charge in [-0.25, -0.2) is 4.68 Å². The molecule has 0 aliphatic carbocycles. The van der Waals surface area contributed by atoms with Crippen LogP contribution in [-0.4, -0.2) is 57.7 Å². The van der Waals surface area contributed by atoms with Crippen molar-refractivity contribution in [1.82, 2.24) is 25.1 Å². The van der Waals surface area contributed by atoms with Gasteiger partial charge in [0.1, 0.15) is 0 Å². The summed E-state index contributed by atoms with van der Waals surface area (Å²) in [5.74, 6) is 0.896. The van der Waals surface area contributed by atoms with Gasteiger partial charge in [0.15, 0.2) is 0 Å². The second-order valence-electron chi connectivity index (χ2n) is 5.39. The molecule has 7 nitrogen and oxygen atoms in total. The smallest absolute Gasteiger partial charge is 0.245 e. The van der Waals surface area contributed by atoms with Gasteiger partial charge in [0.25, 0.3) is 0 Å². The van der Waals surface area contributed by atoms with Gasteiger partial charge in [-0.3, -0.25) is 4.79 Å². The Balaban J connectivity index is 1.86. The molecule has 1 aromatic rings. The first-order valence-electron chi connectivity index (χ1n) is 7.58. The Hall–Kier alpha value is -1.92. The zero-order valence-corrected chi connectivity index (χ0v) is 12.7. The van der Waals surface area contributed by atoms with Crippen molar-refractivity contribution in [2.45, 2.75) is 38.6 Å². The van der Waals surface area contributed by atoms with Crippen LogP contribution in [0.4, 0.5) is 5.95 Å². The van der Waals surface area contributed by atoms with E-state index in [0.29, 0.717) is 18.9 Å². The number of anilines is 1. The van der Waals surface area contributed by atoms with Crippen LogP contribution in [0.5, 0.6) is 0 Å². The predicted molar refractivity (Wildman–Crippen MR) is 80.9 cm³/mol. The van der Waals surface area contributed by atoms with Gasteiger partial charge in [0.05, 0.1) is 6.54 Å². The Morgan fingerprint density at radius 3 is 2.86 bits per heavy atom. The lowest BCUT2D eigenvalue weighted by molar-refractivity contribution is -0.132.